The van der Waals surface area contributed by atoms with Crippen LogP contribution in [0.15, 0.2) is 42.5 Å². The quantitative estimate of drug-likeness (QED) is 0.840. The molecule has 1 atom stereocenters. The van der Waals surface area contributed by atoms with Gasteiger partial charge in [-0.2, -0.15) is 0 Å². The molecule has 2 aromatic carbocycles. The van der Waals surface area contributed by atoms with Crippen LogP contribution in [0.2, 0.25) is 0 Å². The molecular weight excluding hydrogens is 242 g/mol. The van der Waals surface area contributed by atoms with E-state index in [4.69, 9.17) is 0 Å². The van der Waals surface area contributed by atoms with Gasteiger partial charge in [-0.1, -0.05) is 53.6 Å². The van der Waals surface area contributed by atoms with Crippen molar-refractivity contribution in [3.05, 3.63) is 70.3 Å². The molecule has 0 aromatic heterocycles. The molecule has 0 bridgehead atoms. The lowest BCUT2D eigenvalue weighted by molar-refractivity contribution is 0.546. The Morgan fingerprint density at radius 3 is 2.15 bits per heavy atom. The highest BCUT2D eigenvalue weighted by Crippen LogP contribution is 2.23. The summed E-state index contributed by atoms with van der Waals surface area (Å²) in [5, 5.41) is 3.46. The van der Waals surface area contributed by atoms with Gasteiger partial charge in [-0.3, -0.25) is 0 Å². The van der Waals surface area contributed by atoms with Gasteiger partial charge in [0.25, 0.3) is 0 Å². The Balaban J connectivity index is 2.07. The van der Waals surface area contributed by atoms with Crippen molar-refractivity contribution in [2.75, 3.05) is 7.05 Å². The number of rotatable bonds is 5. The first-order valence-electron chi connectivity index (χ1n) is 7.40. The Kier molecular flexibility index (Phi) is 4.97. The minimum absolute atomic E-state index is 0.428. The third-order valence-electron chi connectivity index (χ3n) is 3.99. The lowest BCUT2D eigenvalue weighted by Crippen LogP contribution is -2.18. The van der Waals surface area contributed by atoms with E-state index < -0.39 is 0 Å². The largest absolute Gasteiger partial charge is 0.313 e. The maximum atomic E-state index is 3.46. The van der Waals surface area contributed by atoms with Gasteiger partial charge in [-0.05, 0) is 57.4 Å². The molecule has 1 heteroatoms. The maximum absolute atomic E-state index is 3.46. The highest BCUT2D eigenvalue weighted by atomic mass is 14.9. The fraction of sp³-hybridized carbons (Fsp3) is 0.368. The molecule has 0 radical (unpaired) electrons. The van der Waals surface area contributed by atoms with Crippen LogP contribution in [0, 0.1) is 20.8 Å². The fourth-order valence-electron chi connectivity index (χ4n) is 2.74. The van der Waals surface area contributed by atoms with Crippen molar-refractivity contribution in [1.82, 2.24) is 5.32 Å². The molecule has 0 amide bonds. The van der Waals surface area contributed by atoms with E-state index in [2.05, 4.69) is 75.6 Å². The van der Waals surface area contributed by atoms with Crippen LogP contribution in [0.5, 0.6) is 0 Å². The Labute approximate surface area is 123 Å². The summed E-state index contributed by atoms with van der Waals surface area (Å²) in [6.45, 7) is 6.49. The number of benzene rings is 2. The van der Waals surface area contributed by atoms with Crippen molar-refractivity contribution in [3.63, 3.8) is 0 Å². The van der Waals surface area contributed by atoms with E-state index in [0.29, 0.717) is 6.04 Å². The zero-order valence-electron chi connectivity index (χ0n) is 13.0. The number of hydrogen-bond acceptors (Lipinski definition) is 1. The van der Waals surface area contributed by atoms with Gasteiger partial charge in [-0.25, -0.2) is 0 Å². The molecule has 0 aliphatic heterocycles. The van der Waals surface area contributed by atoms with E-state index in [9.17, 15) is 0 Å². The zero-order valence-corrected chi connectivity index (χ0v) is 13.0. The van der Waals surface area contributed by atoms with Crippen molar-refractivity contribution in [1.29, 1.82) is 0 Å². The number of hydrogen-bond donors (Lipinski definition) is 1. The molecule has 0 heterocycles. The van der Waals surface area contributed by atoms with Gasteiger partial charge in [0.2, 0.25) is 0 Å². The first-order valence-corrected chi connectivity index (χ1v) is 7.40. The van der Waals surface area contributed by atoms with Gasteiger partial charge in [-0.15, -0.1) is 0 Å². The van der Waals surface area contributed by atoms with Crippen molar-refractivity contribution >= 4 is 0 Å². The van der Waals surface area contributed by atoms with Crippen molar-refractivity contribution in [3.8, 4) is 0 Å². The van der Waals surface area contributed by atoms with Gasteiger partial charge in [0, 0.05) is 6.04 Å². The summed E-state index contributed by atoms with van der Waals surface area (Å²) >= 11 is 0. The monoisotopic (exact) mass is 267 g/mol. The highest BCUT2D eigenvalue weighted by Gasteiger charge is 2.11. The first kappa shape index (κ1) is 14.8. The topological polar surface area (TPSA) is 12.0 Å². The van der Waals surface area contributed by atoms with Crippen LogP contribution < -0.4 is 5.32 Å². The molecule has 1 nitrogen and oxygen atoms in total. The Morgan fingerprint density at radius 1 is 0.900 bits per heavy atom. The molecule has 0 spiro atoms. The van der Waals surface area contributed by atoms with Crippen LogP contribution in [-0.2, 0) is 6.42 Å². The zero-order chi connectivity index (χ0) is 14.5. The normalized spacial score (nSPS) is 12.4. The summed E-state index contributed by atoms with van der Waals surface area (Å²) < 4.78 is 0. The molecule has 2 aromatic rings. The van der Waals surface area contributed by atoms with Gasteiger partial charge < -0.3 is 5.32 Å². The van der Waals surface area contributed by atoms with E-state index in [1.807, 2.05) is 0 Å². The third kappa shape index (κ3) is 3.71. The summed E-state index contributed by atoms with van der Waals surface area (Å²) in [7, 11) is 2.05. The molecular formula is C19H25N. The standard InChI is InChI=1S/C19H25N/c1-14-5-8-17(9-6-14)10-12-19(20-4)18-11-7-15(2)13-16(18)3/h5-9,11,13,19-20H,10,12H2,1-4H3. The van der Waals surface area contributed by atoms with E-state index in [1.54, 1.807) is 0 Å². The summed E-state index contributed by atoms with van der Waals surface area (Å²) in [6.07, 6.45) is 2.24. The number of nitrogens with one attached hydrogen (secondary N) is 1. The van der Waals surface area contributed by atoms with Crippen LogP contribution in [0.3, 0.4) is 0 Å². The summed E-state index contributed by atoms with van der Waals surface area (Å²) in [4.78, 5) is 0. The second kappa shape index (κ2) is 6.71. The molecule has 0 saturated carbocycles. The van der Waals surface area contributed by atoms with E-state index in [0.717, 1.165) is 12.8 Å². The summed E-state index contributed by atoms with van der Waals surface area (Å²) in [5.41, 5.74) is 6.88. The minimum atomic E-state index is 0.428. The average Bonchev–Trinajstić information content (AvgIpc) is 2.43. The minimum Gasteiger partial charge on any atom is -0.313 e. The van der Waals surface area contributed by atoms with Gasteiger partial charge in [0.05, 0.1) is 0 Å². The molecule has 0 aliphatic carbocycles. The lowest BCUT2D eigenvalue weighted by atomic mass is 9.94. The van der Waals surface area contributed by atoms with Crippen molar-refractivity contribution in [2.45, 2.75) is 39.7 Å². The molecule has 0 aliphatic rings. The molecule has 1 unspecified atom stereocenters. The fourth-order valence-corrected chi connectivity index (χ4v) is 2.74. The van der Waals surface area contributed by atoms with Crippen LogP contribution >= 0.6 is 0 Å². The van der Waals surface area contributed by atoms with Gasteiger partial charge in [0.1, 0.15) is 0 Å². The number of aryl methyl sites for hydroxylation is 4. The second-order valence-corrected chi connectivity index (χ2v) is 5.73. The predicted octanol–water partition coefficient (Wildman–Crippen LogP) is 4.51. The molecule has 2 rings (SSSR count). The maximum Gasteiger partial charge on any atom is 0.0323 e. The van der Waals surface area contributed by atoms with Gasteiger partial charge in [0.15, 0.2) is 0 Å². The summed E-state index contributed by atoms with van der Waals surface area (Å²) in [5.74, 6) is 0. The molecule has 1 N–H and O–H groups in total. The van der Waals surface area contributed by atoms with E-state index in [1.165, 1.54) is 27.8 Å². The average molecular weight is 267 g/mol. The van der Waals surface area contributed by atoms with E-state index >= 15 is 0 Å². The predicted molar refractivity (Wildman–Crippen MR) is 87.2 cm³/mol. The van der Waals surface area contributed by atoms with Crippen LogP contribution in [0.25, 0.3) is 0 Å². The van der Waals surface area contributed by atoms with Crippen LogP contribution in [0.1, 0.15) is 40.3 Å². The Bertz CT molecular complexity index is 554. The molecule has 20 heavy (non-hydrogen) atoms. The molecule has 0 fully saturated rings. The Morgan fingerprint density at radius 2 is 1.55 bits per heavy atom. The smallest absolute Gasteiger partial charge is 0.0323 e. The first-order chi connectivity index (χ1) is 9.60. The van der Waals surface area contributed by atoms with Gasteiger partial charge >= 0.3 is 0 Å². The lowest BCUT2D eigenvalue weighted by Gasteiger charge is -2.19. The van der Waals surface area contributed by atoms with Crippen LogP contribution in [0.4, 0.5) is 0 Å². The summed E-state index contributed by atoms with van der Waals surface area (Å²) in [6, 6.07) is 16.0. The SMILES string of the molecule is CNC(CCc1ccc(C)cc1)c1ccc(C)cc1C. The van der Waals surface area contributed by atoms with Crippen LogP contribution in [-0.4, -0.2) is 7.05 Å². The van der Waals surface area contributed by atoms with E-state index in [-0.39, 0.29) is 0 Å². The van der Waals surface area contributed by atoms with Crippen molar-refractivity contribution < 1.29 is 0 Å². The highest BCUT2D eigenvalue weighted by molar-refractivity contribution is 5.33. The second-order valence-electron chi connectivity index (χ2n) is 5.73. The molecule has 0 saturated heterocycles. The van der Waals surface area contributed by atoms with Crippen molar-refractivity contribution in [2.24, 2.45) is 0 Å². The Hall–Kier alpha value is -1.60. The molecule has 106 valence electrons. The third-order valence-corrected chi connectivity index (χ3v) is 3.99.